The summed E-state index contributed by atoms with van der Waals surface area (Å²) < 4.78 is 20.4. The number of hydrogen-bond donors (Lipinski definition) is 0. The van der Waals surface area contributed by atoms with Gasteiger partial charge < -0.3 is 4.74 Å². The van der Waals surface area contributed by atoms with Crippen LogP contribution in [0.25, 0.3) is 0 Å². The lowest BCUT2D eigenvalue weighted by molar-refractivity contribution is 0.0526. The molecule has 0 saturated carbocycles. The lowest BCUT2D eigenvalue weighted by Gasteiger charge is -2.18. The maximum atomic E-state index is 13.6. The summed E-state index contributed by atoms with van der Waals surface area (Å²) in [6.07, 6.45) is 2.57. The Kier molecular flexibility index (Phi) is 6.73. The van der Waals surface area contributed by atoms with Gasteiger partial charge >= 0.3 is 0 Å². The first-order chi connectivity index (χ1) is 6.20. The van der Waals surface area contributed by atoms with Gasteiger partial charge in [-0.2, -0.15) is 0 Å². The minimum atomic E-state index is -1.10. The van der Waals surface area contributed by atoms with Crippen molar-refractivity contribution in [2.75, 3.05) is 33.1 Å². The van der Waals surface area contributed by atoms with Crippen LogP contribution in [0.3, 0.4) is 0 Å². The molecule has 0 spiro atoms. The summed E-state index contributed by atoms with van der Waals surface area (Å²) in [6.45, 7) is 5.56. The average molecular weight is 209 g/mol. The summed E-state index contributed by atoms with van der Waals surface area (Å²) in [6, 6.07) is 0. The zero-order valence-electron chi connectivity index (χ0n) is 8.97. The Morgan fingerprint density at radius 1 is 1.54 bits per heavy atom. The lowest BCUT2D eigenvalue weighted by atomic mass is 10.1. The molecule has 2 nitrogen and oxygen atoms in total. The summed E-state index contributed by atoms with van der Waals surface area (Å²) in [4.78, 5) is 0. The molecular weight excluding hydrogens is 189 g/mol. The summed E-state index contributed by atoms with van der Waals surface area (Å²) in [5, 5.41) is 0. The topological polar surface area (TPSA) is 12.5 Å². The van der Waals surface area contributed by atoms with Crippen LogP contribution in [-0.2, 0) is 4.74 Å². The highest BCUT2D eigenvalue weighted by atomic mass is 32.2. The molecule has 0 radical (unpaired) electrons. The van der Waals surface area contributed by atoms with Gasteiger partial charge in [-0.3, -0.25) is 0 Å². The highest BCUT2D eigenvalue weighted by Gasteiger charge is 2.38. The molecule has 1 fully saturated rings. The fourth-order valence-electron chi connectivity index (χ4n) is 1.33. The molecule has 1 aliphatic heterocycles. The molecule has 0 N–H and O–H groups in total. The van der Waals surface area contributed by atoms with Crippen molar-refractivity contribution >= 4 is 11.9 Å². The van der Waals surface area contributed by atoms with Gasteiger partial charge in [-0.25, -0.2) is 8.70 Å². The van der Waals surface area contributed by atoms with Crippen molar-refractivity contribution in [2.45, 2.75) is 25.9 Å². The van der Waals surface area contributed by atoms with Gasteiger partial charge in [-0.1, -0.05) is 25.8 Å². The molecular formula is C9H20FNOS. The minimum absolute atomic E-state index is 0.226. The van der Waals surface area contributed by atoms with E-state index in [2.05, 4.69) is 0 Å². The number of nitrogens with zero attached hydrogens (tertiary/aromatic N) is 1. The summed E-state index contributed by atoms with van der Waals surface area (Å²) in [5.41, 5.74) is -1.10. The number of rotatable bonds is 3. The molecule has 0 amide bonds. The van der Waals surface area contributed by atoms with Crippen molar-refractivity contribution in [2.24, 2.45) is 0 Å². The highest BCUT2D eigenvalue weighted by Crippen LogP contribution is 2.28. The van der Waals surface area contributed by atoms with Crippen LogP contribution in [0, 0.1) is 0 Å². The zero-order valence-corrected chi connectivity index (χ0v) is 9.79. The van der Waals surface area contributed by atoms with Gasteiger partial charge in [0, 0.05) is 20.2 Å². The van der Waals surface area contributed by atoms with Gasteiger partial charge in [-0.15, -0.1) is 0 Å². The maximum Gasteiger partial charge on any atom is 0.148 e. The van der Waals surface area contributed by atoms with E-state index in [1.54, 1.807) is 19.1 Å². The first-order valence-corrected chi connectivity index (χ1v) is 5.85. The molecule has 1 aliphatic rings. The SMILES string of the molecule is CC.COCC1(F)CCN(SC)C1. The Morgan fingerprint density at radius 3 is 2.54 bits per heavy atom. The first kappa shape index (κ1) is 13.2. The number of hydrogen-bond acceptors (Lipinski definition) is 3. The van der Waals surface area contributed by atoms with Crippen LogP contribution in [0.5, 0.6) is 0 Å². The van der Waals surface area contributed by atoms with Crippen molar-refractivity contribution < 1.29 is 9.13 Å². The second-order valence-electron chi connectivity index (χ2n) is 2.88. The zero-order chi connectivity index (χ0) is 10.3. The van der Waals surface area contributed by atoms with Gasteiger partial charge in [0.15, 0.2) is 0 Å². The molecule has 13 heavy (non-hydrogen) atoms. The van der Waals surface area contributed by atoms with Crippen molar-refractivity contribution in [3.05, 3.63) is 0 Å². The number of alkyl halides is 1. The molecule has 1 rings (SSSR count). The second-order valence-corrected chi connectivity index (χ2v) is 3.76. The van der Waals surface area contributed by atoms with Crippen molar-refractivity contribution in [1.82, 2.24) is 4.31 Å². The van der Waals surface area contributed by atoms with E-state index in [0.29, 0.717) is 13.0 Å². The Bertz CT molecular complexity index is 137. The fourth-order valence-corrected chi connectivity index (χ4v) is 1.97. The van der Waals surface area contributed by atoms with Crippen molar-refractivity contribution in [3.63, 3.8) is 0 Å². The van der Waals surface area contributed by atoms with E-state index in [1.165, 1.54) is 0 Å². The highest BCUT2D eigenvalue weighted by molar-refractivity contribution is 7.96. The van der Waals surface area contributed by atoms with Gasteiger partial charge in [0.2, 0.25) is 0 Å². The molecule has 0 aromatic heterocycles. The Morgan fingerprint density at radius 2 is 2.15 bits per heavy atom. The smallest absolute Gasteiger partial charge is 0.148 e. The predicted molar refractivity (Wildman–Crippen MR) is 56.8 cm³/mol. The number of halogens is 1. The summed E-state index contributed by atoms with van der Waals surface area (Å²) in [5.74, 6) is 0. The predicted octanol–water partition coefficient (Wildman–Crippen LogP) is 2.35. The minimum Gasteiger partial charge on any atom is -0.381 e. The fraction of sp³-hybridized carbons (Fsp3) is 1.00. The van der Waals surface area contributed by atoms with Gasteiger partial charge in [0.05, 0.1) is 6.61 Å². The third kappa shape index (κ3) is 4.29. The third-order valence-electron chi connectivity index (χ3n) is 1.93. The normalized spacial score (nSPS) is 28.4. The molecule has 0 aromatic rings. The van der Waals surface area contributed by atoms with Crippen molar-refractivity contribution in [3.8, 4) is 0 Å². The number of ether oxygens (including phenoxy) is 1. The van der Waals surface area contributed by atoms with E-state index in [4.69, 9.17) is 4.74 Å². The molecule has 80 valence electrons. The van der Waals surface area contributed by atoms with Crippen LogP contribution in [0.15, 0.2) is 0 Å². The third-order valence-corrected chi connectivity index (χ3v) is 2.76. The standard InChI is InChI=1S/C7H14FNOS.C2H6/c1-10-6-7(8)3-4-9(5-7)11-2;1-2/h3-6H2,1-2H3;1-2H3. The molecule has 1 saturated heterocycles. The molecule has 0 bridgehead atoms. The van der Waals surface area contributed by atoms with Crippen LogP contribution < -0.4 is 0 Å². The summed E-state index contributed by atoms with van der Waals surface area (Å²) >= 11 is 1.60. The van der Waals surface area contributed by atoms with E-state index in [0.717, 1.165) is 6.54 Å². The quantitative estimate of drug-likeness (QED) is 0.662. The second kappa shape index (κ2) is 6.62. The lowest BCUT2D eigenvalue weighted by Crippen LogP contribution is -2.31. The van der Waals surface area contributed by atoms with Gasteiger partial charge in [0.1, 0.15) is 5.67 Å². The first-order valence-electron chi connectivity index (χ1n) is 4.67. The molecule has 1 heterocycles. The van der Waals surface area contributed by atoms with Crippen LogP contribution in [0.2, 0.25) is 0 Å². The Labute approximate surface area is 85.0 Å². The van der Waals surface area contributed by atoms with Crippen molar-refractivity contribution in [1.29, 1.82) is 0 Å². The Hall–Kier alpha value is 0.200. The molecule has 0 aliphatic carbocycles. The van der Waals surface area contributed by atoms with E-state index in [1.807, 2.05) is 24.4 Å². The van der Waals surface area contributed by atoms with Gasteiger partial charge in [0.25, 0.3) is 0 Å². The monoisotopic (exact) mass is 209 g/mol. The van der Waals surface area contributed by atoms with Crippen LogP contribution >= 0.6 is 11.9 Å². The average Bonchev–Trinajstić information content (AvgIpc) is 2.52. The van der Waals surface area contributed by atoms with Crippen LogP contribution in [0.4, 0.5) is 4.39 Å². The molecule has 4 heteroatoms. The molecule has 1 unspecified atom stereocenters. The van der Waals surface area contributed by atoms with Crippen LogP contribution in [0.1, 0.15) is 20.3 Å². The van der Waals surface area contributed by atoms with E-state index >= 15 is 0 Å². The largest absolute Gasteiger partial charge is 0.381 e. The van der Waals surface area contributed by atoms with E-state index in [9.17, 15) is 4.39 Å². The van der Waals surface area contributed by atoms with Gasteiger partial charge in [-0.05, 0) is 12.7 Å². The molecule has 0 aromatic carbocycles. The maximum absolute atomic E-state index is 13.6. The van der Waals surface area contributed by atoms with Crippen LogP contribution in [-0.4, -0.2) is 43.0 Å². The number of methoxy groups -OCH3 is 1. The summed E-state index contributed by atoms with van der Waals surface area (Å²) in [7, 11) is 1.54. The van der Waals surface area contributed by atoms with E-state index < -0.39 is 5.67 Å². The molecule has 1 atom stereocenters. The Balaban J connectivity index is 0.000000671. The van der Waals surface area contributed by atoms with E-state index in [-0.39, 0.29) is 6.61 Å².